The molecule has 0 saturated carbocycles. The lowest BCUT2D eigenvalue weighted by atomic mass is 10.1. The Hall–Kier alpha value is -1.48. The number of hydrogen-bond donors (Lipinski definition) is 2. The van der Waals surface area contributed by atoms with Gasteiger partial charge in [-0.25, -0.2) is 0 Å². The van der Waals surface area contributed by atoms with Crippen LogP contribution in [0.3, 0.4) is 0 Å². The van der Waals surface area contributed by atoms with Gasteiger partial charge in [-0.05, 0) is 38.1 Å². The molecule has 17 heavy (non-hydrogen) atoms. The van der Waals surface area contributed by atoms with E-state index in [1.54, 1.807) is 6.07 Å². The Balaban J connectivity index is 2.54. The van der Waals surface area contributed by atoms with Crippen molar-refractivity contribution in [3.8, 4) is 5.75 Å². The summed E-state index contributed by atoms with van der Waals surface area (Å²) in [6, 6.07) is 5.98. The topological polar surface area (TPSA) is 37.2 Å². The molecule has 0 bridgehead atoms. The van der Waals surface area contributed by atoms with Crippen molar-refractivity contribution in [1.29, 1.82) is 0 Å². The highest BCUT2D eigenvalue weighted by molar-refractivity contribution is 5.85. The number of fused-ring (bicyclic) bond motifs is 1. The second-order valence-corrected chi connectivity index (χ2v) is 4.64. The second kappa shape index (κ2) is 4.80. The third-order valence-corrected chi connectivity index (χ3v) is 3.02. The molecule has 1 aromatic carbocycles. The highest BCUT2D eigenvalue weighted by Crippen LogP contribution is 2.27. The van der Waals surface area contributed by atoms with Gasteiger partial charge in [0.15, 0.2) is 0 Å². The molecule has 2 N–H and O–H groups in total. The van der Waals surface area contributed by atoms with Crippen LogP contribution in [0.1, 0.15) is 32.4 Å². The van der Waals surface area contributed by atoms with Gasteiger partial charge in [-0.2, -0.15) is 0 Å². The number of nitrogens with zero attached hydrogens (tertiary/aromatic N) is 1. The molecular formula is C14H20N2O. The van der Waals surface area contributed by atoms with E-state index in [1.165, 1.54) is 10.9 Å². The fourth-order valence-corrected chi connectivity index (χ4v) is 2.14. The van der Waals surface area contributed by atoms with E-state index in [0.29, 0.717) is 11.8 Å². The predicted molar refractivity (Wildman–Crippen MR) is 71.4 cm³/mol. The zero-order chi connectivity index (χ0) is 12.4. The summed E-state index contributed by atoms with van der Waals surface area (Å²) in [5.41, 5.74) is 2.39. The Bertz CT molecular complexity index is 514. The first-order valence-corrected chi connectivity index (χ1v) is 6.16. The molecule has 0 spiro atoms. The normalized spacial score (nSPS) is 11.5. The van der Waals surface area contributed by atoms with E-state index in [1.807, 2.05) is 12.1 Å². The second-order valence-electron chi connectivity index (χ2n) is 4.64. The molecule has 2 rings (SSSR count). The summed E-state index contributed by atoms with van der Waals surface area (Å²) in [6.07, 6.45) is 2.18. The van der Waals surface area contributed by atoms with E-state index in [4.69, 9.17) is 0 Å². The van der Waals surface area contributed by atoms with Crippen LogP contribution in [0.25, 0.3) is 10.9 Å². The van der Waals surface area contributed by atoms with Gasteiger partial charge in [0.1, 0.15) is 5.75 Å². The summed E-state index contributed by atoms with van der Waals surface area (Å²) in [7, 11) is 0. The minimum atomic E-state index is 0.326. The highest BCUT2D eigenvalue weighted by Gasteiger charge is 2.10. The molecule has 3 heteroatoms. The van der Waals surface area contributed by atoms with Crippen molar-refractivity contribution in [1.82, 2.24) is 9.88 Å². The van der Waals surface area contributed by atoms with Gasteiger partial charge in [-0.3, -0.25) is 0 Å². The molecule has 0 fully saturated rings. The van der Waals surface area contributed by atoms with Crippen molar-refractivity contribution in [2.45, 2.75) is 33.4 Å². The summed E-state index contributed by atoms with van der Waals surface area (Å²) in [6.45, 7) is 8.25. The molecule has 0 aliphatic heterocycles. The summed E-state index contributed by atoms with van der Waals surface area (Å²) in [5.74, 6) is 0.326. The van der Waals surface area contributed by atoms with Crippen LogP contribution in [0.5, 0.6) is 5.75 Å². The molecule has 0 aliphatic rings. The molecule has 0 atom stereocenters. The van der Waals surface area contributed by atoms with Gasteiger partial charge in [0.25, 0.3) is 0 Å². The number of benzene rings is 1. The quantitative estimate of drug-likeness (QED) is 0.850. The first kappa shape index (κ1) is 12.0. The van der Waals surface area contributed by atoms with Crippen LogP contribution in [-0.4, -0.2) is 16.2 Å². The number of hydrogen-bond acceptors (Lipinski definition) is 2. The Morgan fingerprint density at radius 2 is 2.12 bits per heavy atom. The zero-order valence-corrected chi connectivity index (χ0v) is 10.7. The summed E-state index contributed by atoms with van der Waals surface area (Å²) < 4.78 is 2.21. The van der Waals surface area contributed by atoms with Gasteiger partial charge in [0.2, 0.25) is 0 Å². The first-order chi connectivity index (χ1) is 8.13. The van der Waals surface area contributed by atoms with Crippen molar-refractivity contribution in [3.63, 3.8) is 0 Å². The number of aromatic hydroxyl groups is 1. The average molecular weight is 232 g/mol. The number of phenolic OH excluding ortho intramolecular Hbond substituents is 1. The maximum atomic E-state index is 9.59. The molecule has 0 amide bonds. The van der Waals surface area contributed by atoms with Crippen LogP contribution in [-0.2, 0) is 6.54 Å². The largest absolute Gasteiger partial charge is 0.508 e. The Morgan fingerprint density at radius 1 is 1.35 bits per heavy atom. The third kappa shape index (κ3) is 2.29. The minimum Gasteiger partial charge on any atom is -0.508 e. The van der Waals surface area contributed by atoms with Crippen molar-refractivity contribution in [3.05, 3.63) is 30.0 Å². The van der Waals surface area contributed by atoms with Crippen LogP contribution >= 0.6 is 0 Å². The lowest BCUT2D eigenvalue weighted by Crippen LogP contribution is -2.11. The SMILES string of the molecule is CCNCc1cn(C(C)C)c2cc(O)ccc12. The molecule has 0 saturated heterocycles. The molecule has 1 aromatic heterocycles. The standard InChI is InChI=1S/C14H20N2O/c1-4-15-8-11-9-16(10(2)3)14-7-12(17)5-6-13(11)14/h5-7,9-10,15,17H,4,8H2,1-3H3. The molecule has 0 unspecified atom stereocenters. The molecule has 3 nitrogen and oxygen atoms in total. The van der Waals surface area contributed by atoms with Crippen LogP contribution in [0, 0.1) is 0 Å². The van der Waals surface area contributed by atoms with E-state index in [2.05, 4.69) is 36.9 Å². The third-order valence-electron chi connectivity index (χ3n) is 3.02. The van der Waals surface area contributed by atoms with Crippen molar-refractivity contribution >= 4 is 10.9 Å². The first-order valence-electron chi connectivity index (χ1n) is 6.16. The van der Waals surface area contributed by atoms with Gasteiger partial charge in [0.05, 0.1) is 5.52 Å². The smallest absolute Gasteiger partial charge is 0.117 e. The fourth-order valence-electron chi connectivity index (χ4n) is 2.14. The van der Waals surface area contributed by atoms with Crippen molar-refractivity contribution < 1.29 is 5.11 Å². The van der Waals surface area contributed by atoms with E-state index < -0.39 is 0 Å². The van der Waals surface area contributed by atoms with E-state index in [9.17, 15) is 5.11 Å². The van der Waals surface area contributed by atoms with Crippen LogP contribution in [0.15, 0.2) is 24.4 Å². The number of rotatable bonds is 4. The van der Waals surface area contributed by atoms with Gasteiger partial charge >= 0.3 is 0 Å². The van der Waals surface area contributed by atoms with Gasteiger partial charge in [-0.15, -0.1) is 0 Å². The van der Waals surface area contributed by atoms with Crippen LogP contribution in [0.2, 0.25) is 0 Å². The lowest BCUT2D eigenvalue weighted by Gasteiger charge is -2.08. The minimum absolute atomic E-state index is 0.326. The molecule has 92 valence electrons. The summed E-state index contributed by atoms with van der Waals surface area (Å²) in [4.78, 5) is 0. The van der Waals surface area contributed by atoms with Crippen molar-refractivity contribution in [2.75, 3.05) is 6.54 Å². The highest BCUT2D eigenvalue weighted by atomic mass is 16.3. The van der Waals surface area contributed by atoms with Crippen LogP contribution < -0.4 is 5.32 Å². The zero-order valence-electron chi connectivity index (χ0n) is 10.7. The average Bonchev–Trinajstić information content (AvgIpc) is 2.64. The molecular weight excluding hydrogens is 212 g/mol. The molecule has 2 aromatic rings. The lowest BCUT2D eigenvalue weighted by molar-refractivity contribution is 0.475. The fraction of sp³-hybridized carbons (Fsp3) is 0.429. The van der Waals surface area contributed by atoms with Gasteiger partial charge < -0.3 is 15.0 Å². The molecule has 0 aliphatic carbocycles. The Labute approximate surface area is 102 Å². The summed E-state index contributed by atoms with van der Waals surface area (Å²) >= 11 is 0. The summed E-state index contributed by atoms with van der Waals surface area (Å²) in [5, 5.41) is 14.2. The number of aromatic nitrogens is 1. The Morgan fingerprint density at radius 3 is 2.76 bits per heavy atom. The van der Waals surface area contributed by atoms with Gasteiger partial charge in [-0.1, -0.05) is 6.92 Å². The number of phenols is 1. The van der Waals surface area contributed by atoms with E-state index >= 15 is 0 Å². The predicted octanol–water partition coefficient (Wildman–Crippen LogP) is 3.04. The van der Waals surface area contributed by atoms with E-state index in [-0.39, 0.29) is 0 Å². The number of nitrogens with one attached hydrogen (secondary N) is 1. The van der Waals surface area contributed by atoms with Crippen molar-refractivity contribution in [2.24, 2.45) is 0 Å². The monoisotopic (exact) mass is 232 g/mol. The maximum Gasteiger partial charge on any atom is 0.117 e. The van der Waals surface area contributed by atoms with Crippen LogP contribution in [0.4, 0.5) is 0 Å². The molecule has 1 heterocycles. The maximum absolute atomic E-state index is 9.59. The van der Waals surface area contributed by atoms with E-state index in [0.717, 1.165) is 18.6 Å². The Kier molecular flexibility index (Phi) is 3.38. The molecule has 0 radical (unpaired) electrons. The van der Waals surface area contributed by atoms with Gasteiger partial charge in [0, 0.05) is 30.2 Å².